The molecule has 0 fully saturated rings. The second-order valence-corrected chi connectivity index (χ2v) is 6.53. The number of nitrogens with one attached hydrogen (secondary N) is 1. The fourth-order valence-electron chi connectivity index (χ4n) is 2.55. The highest BCUT2D eigenvalue weighted by molar-refractivity contribution is 5.96. The number of nitrogens with zero attached hydrogens (tertiary/aromatic N) is 1. The molecular formula is C21H23FN2O4. The molecule has 0 aliphatic heterocycles. The predicted octanol–water partition coefficient (Wildman–Crippen LogP) is 2.37. The molecule has 0 heterocycles. The Morgan fingerprint density at radius 1 is 1.11 bits per heavy atom. The van der Waals surface area contributed by atoms with Gasteiger partial charge in [-0.3, -0.25) is 14.4 Å². The molecule has 0 atom stereocenters. The number of aryl methyl sites for hydroxylation is 2. The zero-order valence-electron chi connectivity index (χ0n) is 16.1. The van der Waals surface area contributed by atoms with Gasteiger partial charge in [-0.1, -0.05) is 29.8 Å². The minimum absolute atomic E-state index is 0.0945. The number of hydrogen-bond acceptors (Lipinski definition) is 4. The number of amides is 2. The van der Waals surface area contributed by atoms with E-state index in [0.717, 1.165) is 22.8 Å². The number of halogens is 1. The SMILES string of the molecule is Cc1ccc(CN(C)C(=O)COC(=O)CNC(=O)c2cccc(F)c2)c(C)c1. The Morgan fingerprint density at radius 3 is 2.54 bits per heavy atom. The molecule has 0 aliphatic carbocycles. The second-order valence-electron chi connectivity index (χ2n) is 6.53. The summed E-state index contributed by atoms with van der Waals surface area (Å²) in [5, 5.41) is 2.33. The molecule has 0 radical (unpaired) electrons. The van der Waals surface area contributed by atoms with E-state index in [1.807, 2.05) is 32.0 Å². The van der Waals surface area contributed by atoms with Crippen LogP contribution in [-0.2, 0) is 20.9 Å². The van der Waals surface area contributed by atoms with Crippen LogP contribution in [0.3, 0.4) is 0 Å². The largest absolute Gasteiger partial charge is 0.454 e. The maximum Gasteiger partial charge on any atom is 0.325 e. The normalized spacial score (nSPS) is 10.3. The van der Waals surface area contributed by atoms with Crippen LogP contribution in [0, 0.1) is 19.7 Å². The first-order chi connectivity index (χ1) is 13.3. The van der Waals surface area contributed by atoms with E-state index in [2.05, 4.69) is 5.32 Å². The molecule has 7 heteroatoms. The molecular weight excluding hydrogens is 363 g/mol. The van der Waals surface area contributed by atoms with Gasteiger partial charge in [0.25, 0.3) is 11.8 Å². The Labute approximate surface area is 163 Å². The van der Waals surface area contributed by atoms with Crippen LogP contribution in [0.2, 0.25) is 0 Å². The minimum atomic E-state index is -0.752. The van der Waals surface area contributed by atoms with E-state index in [0.29, 0.717) is 6.54 Å². The van der Waals surface area contributed by atoms with E-state index >= 15 is 0 Å². The molecule has 2 amide bonds. The number of rotatable bonds is 7. The van der Waals surface area contributed by atoms with Gasteiger partial charge in [0.15, 0.2) is 6.61 Å². The van der Waals surface area contributed by atoms with Crippen LogP contribution in [0.4, 0.5) is 4.39 Å². The highest BCUT2D eigenvalue weighted by Crippen LogP contribution is 2.12. The zero-order chi connectivity index (χ0) is 20.7. The van der Waals surface area contributed by atoms with Crippen molar-refractivity contribution in [2.45, 2.75) is 20.4 Å². The molecule has 0 saturated heterocycles. The van der Waals surface area contributed by atoms with Crippen LogP contribution in [-0.4, -0.2) is 42.9 Å². The smallest absolute Gasteiger partial charge is 0.325 e. The van der Waals surface area contributed by atoms with Gasteiger partial charge in [0.1, 0.15) is 12.4 Å². The van der Waals surface area contributed by atoms with Crippen molar-refractivity contribution in [3.05, 3.63) is 70.5 Å². The van der Waals surface area contributed by atoms with Crippen LogP contribution in [0.1, 0.15) is 27.0 Å². The monoisotopic (exact) mass is 386 g/mol. The average Bonchev–Trinajstić information content (AvgIpc) is 2.66. The average molecular weight is 386 g/mol. The molecule has 6 nitrogen and oxygen atoms in total. The number of carbonyl (C=O) groups is 3. The molecule has 148 valence electrons. The summed E-state index contributed by atoms with van der Waals surface area (Å²) in [6.07, 6.45) is 0. The molecule has 2 aromatic rings. The summed E-state index contributed by atoms with van der Waals surface area (Å²) < 4.78 is 18.0. The van der Waals surface area contributed by atoms with Gasteiger partial charge in [-0.05, 0) is 43.2 Å². The Hall–Kier alpha value is -3.22. The molecule has 1 N–H and O–H groups in total. The standard InChI is InChI=1S/C21H23FN2O4/c1-14-7-8-17(15(2)9-14)12-24(3)19(25)13-28-20(26)11-23-21(27)16-5-4-6-18(22)10-16/h4-10H,11-13H2,1-3H3,(H,23,27). The summed E-state index contributed by atoms with van der Waals surface area (Å²) in [4.78, 5) is 37.2. The van der Waals surface area contributed by atoms with E-state index in [9.17, 15) is 18.8 Å². The van der Waals surface area contributed by atoms with Gasteiger partial charge in [0.2, 0.25) is 0 Å². The van der Waals surface area contributed by atoms with Crippen molar-refractivity contribution in [3.8, 4) is 0 Å². The summed E-state index contributed by atoms with van der Waals surface area (Å²) in [5.74, 6) is -2.26. The summed E-state index contributed by atoms with van der Waals surface area (Å²) in [5.41, 5.74) is 3.33. The van der Waals surface area contributed by atoms with E-state index in [1.165, 1.54) is 23.1 Å². The van der Waals surface area contributed by atoms with Crippen LogP contribution < -0.4 is 5.32 Å². The highest BCUT2D eigenvalue weighted by atomic mass is 19.1. The Morgan fingerprint density at radius 2 is 1.86 bits per heavy atom. The maximum absolute atomic E-state index is 13.1. The molecule has 0 unspecified atom stereocenters. The minimum Gasteiger partial charge on any atom is -0.454 e. The summed E-state index contributed by atoms with van der Waals surface area (Å²) in [6, 6.07) is 11.1. The molecule has 0 bridgehead atoms. The molecule has 2 aromatic carbocycles. The third-order valence-electron chi connectivity index (χ3n) is 4.17. The van der Waals surface area contributed by atoms with Crippen molar-refractivity contribution in [1.82, 2.24) is 10.2 Å². The lowest BCUT2D eigenvalue weighted by molar-refractivity contribution is -0.150. The first kappa shape index (κ1) is 21.1. The lowest BCUT2D eigenvalue weighted by Gasteiger charge is -2.18. The maximum atomic E-state index is 13.1. The Kier molecular flexibility index (Phi) is 7.26. The van der Waals surface area contributed by atoms with Crippen molar-refractivity contribution in [3.63, 3.8) is 0 Å². The Balaban J connectivity index is 1.76. The molecule has 0 spiro atoms. The Bertz CT molecular complexity index is 882. The number of carbonyl (C=O) groups excluding carboxylic acids is 3. The van der Waals surface area contributed by atoms with Crippen molar-refractivity contribution >= 4 is 17.8 Å². The first-order valence-electron chi connectivity index (χ1n) is 8.75. The summed E-state index contributed by atoms with van der Waals surface area (Å²) in [6.45, 7) is 3.54. The van der Waals surface area contributed by atoms with Gasteiger partial charge in [-0.15, -0.1) is 0 Å². The number of benzene rings is 2. The summed E-state index contributed by atoms with van der Waals surface area (Å²) in [7, 11) is 1.63. The lowest BCUT2D eigenvalue weighted by atomic mass is 10.1. The highest BCUT2D eigenvalue weighted by Gasteiger charge is 2.14. The van der Waals surface area contributed by atoms with Gasteiger partial charge in [0, 0.05) is 19.2 Å². The van der Waals surface area contributed by atoms with Gasteiger partial charge in [-0.2, -0.15) is 0 Å². The third kappa shape index (κ3) is 6.19. The van der Waals surface area contributed by atoms with Crippen molar-refractivity contribution in [2.24, 2.45) is 0 Å². The van der Waals surface area contributed by atoms with Crippen molar-refractivity contribution in [1.29, 1.82) is 0 Å². The third-order valence-corrected chi connectivity index (χ3v) is 4.17. The van der Waals surface area contributed by atoms with Crippen LogP contribution in [0.5, 0.6) is 0 Å². The number of likely N-dealkylation sites (N-methyl/N-ethyl adjacent to an activating group) is 1. The zero-order valence-corrected chi connectivity index (χ0v) is 16.1. The molecule has 0 saturated carbocycles. The second kappa shape index (κ2) is 9.64. The first-order valence-corrected chi connectivity index (χ1v) is 8.75. The topological polar surface area (TPSA) is 75.7 Å². The van der Waals surface area contributed by atoms with E-state index < -0.39 is 30.8 Å². The number of hydrogen-bond donors (Lipinski definition) is 1. The van der Waals surface area contributed by atoms with Crippen molar-refractivity contribution < 1.29 is 23.5 Å². The summed E-state index contributed by atoms with van der Waals surface area (Å²) >= 11 is 0. The fraction of sp³-hybridized carbons (Fsp3) is 0.286. The molecule has 0 aromatic heterocycles. The van der Waals surface area contributed by atoms with Crippen LogP contribution in [0.15, 0.2) is 42.5 Å². The number of ether oxygens (including phenoxy) is 1. The molecule has 0 aliphatic rings. The fourth-order valence-corrected chi connectivity index (χ4v) is 2.55. The van der Waals surface area contributed by atoms with Gasteiger partial charge >= 0.3 is 5.97 Å². The van der Waals surface area contributed by atoms with E-state index in [4.69, 9.17) is 4.74 Å². The van der Waals surface area contributed by atoms with Crippen molar-refractivity contribution in [2.75, 3.05) is 20.2 Å². The van der Waals surface area contributed by atoms with Crippen LogP contribution >= 0.6 is 0 Å². The molecule has 28 heavy (non-hydrogen) atoms. The van der Waals surface area contributed by atoms with Crippen LogP contribution in [0.25, 0.3) is 0 Å². The quantitative estimate of drug-likeness (QED) is 0.742. The van der Waals surface area contributed by atoms with Gasteiger partial charge in [0.05, 0.1) is 0 Å². The van der Waals surface area contributed by atoms with Gasteiger partial charge < -0.3 is 15.0 Å². The lowest BCUT2D eigenvalue weighted by Crippen LogP contribution is -2.34. The van der Waals surface area contributed by atoms with E-state index in [-0.39, 0.29) is 11.5 Å². The van der Waals surface area contributed by atoms with E-state index in [1.54, 1.807) is 7.05 Å². The predicted molar refractivity (Wildman–Crippen MR) is 102 cm³/mol. The molecule has 2 rings (SSSR count). The number of esters is 1. The van der Waals surface area contributed by atoms with Gasteiger partial charge in [-0.25, -0.2) is 4.39 Å².